The van der Waals surface area contributed by atoms with Gasteiger partial charge >= 0.3 is 5.97 Å². The van der Waals surface area contributed by atoms with Crippen LogP contribution in [0.25, 0.3) is 0 Å². The molecule has 0 aromatic carbocycles. The van der Waals surface area contributed by atoms with Gasteiger partial charge in [-0.05, 0) is 78.4 Å². The molecule has 0 unspecified atom stereocenters. The lowest BCUT2D eigenvalue weighted by Crippen LogP contribution is -2.37. The third-order valence-corrected chi connectivity index (χ3v) is 4.29. The van der Waals surface area contributed by atoms with Crippen LogP contribution in [0, 0.1) is 5.41 Å². The molecule has 4 heteroatoms. The average Bonchev–Trinajstić information content (AvgIpc) is 2.58. The van der Waals surface area contributed by atoms with Crippen molar-refractivity contribution in [3.63, 3.8) is 0 Å². The first-order valence-electron chi connectivity index (χ1n) is 11.3. The van der Waals surface area contributed by atoms with Gasteiger partial charge < -0.3 is 14.7 Å². The van der Waals surface area contributed by atoms with Gasteiger partial charge in [-0.2, -0.15) is 0 Å². The second kappa shape index (κ2) is 14.5. The molecule has 4 nitrogen and oxygen atoms in total. The van der Waals surface area contributed by atoms with Crippen LogP contribution in [0.2, 0.25) is 0 Å². The fourth-order valence-electron chi connectivity index (χ4n) is 2.82. The first-order valence-corrected chi connectivity index (χ1v) is 11.3. The van der Waals surface area contributed by atoms with Crippen molar-refractivity contribution in [2.24, 2.45) is 5.41 Å². The summed E-state index contributed by atoms with van der Waals surface area (Å²) in [7, 11) is 0. The molecule has 1 fully saturated rings. The lowest BCUT2D eigenvalue weighted by atomic mass is 9.82. The van der Waals surface area contributed by atoms with E-state index in [2.05, 4.69) is 31.4 Å². The molecule has 0 aromatic heterocycles. The number of likely N-dealkylation sites (tertiary alicyclic amines) is 1. The van der Waals surface area contributed by atoms with Gasteiger partial charge in [0.1, 0.15) is 0 Å². The van der Waals surface area contributed by atoms with E-state index in [4.69, 9.17) is 9.84 Å². The van der Waals surface area contributed by atoms with Crippen molar-refractivity contribution in [3.05, 3.63) is 35.6 Å². The topological polar surface area (TPSA) is 49.8 Å². The fraction of sp³-hybridized carbons (Fsp3) is 0.731. The van der Waals surface area contributed by atoms with E-state index in [1.54, 1.807) is 20.8 Å². The molecule has 0 bridgehead atoms. The van der Waals surface area contributed by atoms with E-state index in [-0.39, 0.29) is 18.5 Å². The summed E-state index contributed by atoms with van der Waals surface area (Å²) in [6.45, 7) is 27.7. The Bertz CT molecular complexity index is 562. The molecule has 1 aliphatic rings. The molecule has 1 heterocycles. The van der Waals surface area contributed by atoms with Gasteiger partial charge in [0.15, 0.2) is 0 Å². The molecule has 0 spiro atoms. The summed E-state index contributed by atoms with van der Waals surface area (Å²) in [5.74, 6) is -0.183. The summed E-state index contributed by atoms with van der Waals surface area (Å²) in [6.07, 6.45) is 6.65. The van der Waals surface area contributed by atoms with Crippen LogP contribution in [0.4, 0.5) is 0 Å². The van der Waals surface area contributed by atoms with Gasteiger partial charge in [-0.15, -0.1) is 0 Å². The van der Waals surface area contributed by atoms with Crippen molar-refractivity contribution in [2.75, 3.05) is 13.1 Å². The minimum absolute atomic E-state index is 0.0881. The molecule has 0 atom stereocenters. The minimum Gasteiger partial charge on any atom is -0.463 e. The van der Waals surface area contributed by atoms with Crippen molar-refractivity contribution in [1.82, 2.24) is 4.90 Å². The molecule has 176 valence electrons. The Balaban J connectivity index is 0. The number of ether oxygens (including phenoxy) is 1. The van der Waals surface area contributed by atoms with E-state index < -0.39 is 5.60 Å². The maximum Gasteiger partial charge on any atom is 0.310 e. The van der Waals surface area contributed by atoms with E-state index >= 15 is 0 Å². The summed E-state index contributed by atoms with van der Waals surface area (Å²) < 4.78 is 5.32. The van der Waals surface area contributed by atoms with Crippen molar-refractivity contribution in [1.29, 1.82) is 0 Å². The number of carbonyl (C=O) groups is 1. The van der Waals surface area contributed by atoms with Gasteiger partial charge in [-0.3, -0.25) is 4.79 Å². The second-order valence-corrected chi connectivity index (χ2v) is 9.68. The molecule has 0 amide bonds. The van der Waals surface area contributed by atoms with E-state index in [9.17, 15) is 4.79 Å². The first-order chi connectivity index (χ1) is 13.7. The standard InChI is InChI=1S/C20H33NO2.C4H10O.C2H6/c1-8-9-18(21-12-10-20(6,7)11-13-21)17(15(2)3)14-19(22)23-16(4)5;1-4(2,3)5;1-2/h8-9,16H,2,10-14H2,1,3-7H3;5H,1-3H3;1-2H3/b9-8-,18-17+;;. The van der Waals surface area contributed by atoms with Crippen LogP contribution in [0.15, 0.2) is 35.6 Å². The Labute approximate surface area is 187 Å². The molecule has 1 saturated heterocycles. The number of hydrogen-bond acceptors (Lipinski definition) is 4. The zero-order valence-corrected chi connectivity index (χ0v) is 21.7. The van der Waals surface area contributed by atoms with Crippen molar-refractivity contribution < 1.29 is 14.6 Å². The summed E-state index contributed by atoms with van der Waals surface area (Å²) >= 11 is 0. The highest BCUT2D eigenvalue weighted by Gasteiger charge is 2.27. The molecule has 0 aromatic rings. The van der Waals surface area contributed by atoms with E-state index in [0.29, 0.717) is 5.41 Å². The lowest BCUT2D eigenvalue weighted by Gasteiger charge is -2.39. The zero-order valence-electron chi connectivity index (χ0n) is 21.7. The average molecular weight is 424 g/mol. The van der Waals surface area contributed by atoms with Gasteiger partial charge in [0.25, 0.3) is 0 Å². The maximum absolute atomic E-state index is 12.1. The van der Waals surface area contributed by atoms with Gasteiger partial charge in [-0.25, -0.2) is 0 Å². The quantitative estimate of drug-likeness (QED) is 0.383. The highest BCUT2D eigenvalue weighted by atomic mass is 16.5. The number of hydrogen-bond donors (Lipinski definition) is 1. The SMILES string of the molecule is C=C(C)/C(CC(=O)OC(C)C)=C(\C=C/C)N1CCC(C)(C)CC1.CC.CC(C)(C)O. The summed E-state index contributed by atoms with van der Waals surface area (Å²) in [6, 6.07) is 0. The number of aliphatic hydroxyl groups is 1. The van der Waals surface area contributed by atoms with Crippen LogP contribution in [-0.2, 0) is 9.53 Å². The van der Waals surface area contributed by atoms with E-state index in [0.717, 1.165) is 42.8 Å². The third kappa shape index (κ3) is 15.3. The zero-order chi connectivity index (χ0) is 24.1. The lowest BCUT2D eigenvalue weighted by molar-refractivity contribution is -0.146. The van der Waals surface area contributed by atoms with Crippen LogP contribution in [0.3, 0.4) is 0 Å². The predicted octanol–water partition coefficient (Wildman–Crippen LogP) is 6.66. The van der Waals surface area contributed by atoms with Crippen LogP contribution >= 0.6 is 0 Å². The Hall–Kier alpha value is -1.55. The summed E-state index contributed by atoms with van der Waals surface area (Å²) in [4.78, 5) is 14.5. The maximum atomic E-state index is 12.1. The number of nitrogens with zero attached hydrogens (tertiary/aromatic N) is 1. The molecular weight excluding hydrogens is 374 g/mol. The number of carbonyl (C=O) groups excluding carboxylic acids is 1. The predicted molar refractivity (Wildman–Crippen MR) is 130 cm³/mol. The second-order valence-electron chi connectivity index (χ2n) is 9.68. The first kappa shape index (κ1) is 30.6. The van der Waals surface area contributed by atoms with Gasteiger partial charge in [0, 0.05) is 18.8 Å². The number of esters is 1. The highest BCUT2D eigenvalue weighted by molar-refractivity contribution is 5.74. The van der Waals surface area contributed by atoms with Gasteiger partial charge in [0.05, 0.1) is 18.1 Å². The summed E-state index contributed by atoms with van der Waals surface area (Å²) in [5.41, 5.74) is 2.95. The molecule has 1 aliphatic heterocycles. The Morgan fingerprint density at radius 1 is 1.20 bits per heavy atom. The third-order valence-electron chi connectivity index (χ3n) is 4.29. The number of piperidine rings is 1. The Morgan fingerprint density at radius 3 is 1.97 bits per heavy atom. The van der Waals surface area contributed by atoms with Crippen molar-refractivity contribution in [3.8, 4) is 0 Å². The number of allylic oxidation sites excluding steroid dienone is 3. The Kier molecular flexibility index (Phi) is 14.8. The van der Waals surface area contributed by atoms with Crippen LogP contribution in [0.1, 0.15) is 95.4 Å². The molecule has 0 aliphatic carbocycles. The normalized spacial score (nSPS) is 16.8. The van der Waals surface area contributed by atoms with Crippen LogP contribution in [-0.4, -0.2) is 40.8 Å². The van der Waals surface area contributed by atoms with Gasteiger partial charge in [-0.1, -0.05) is 45.9 Å². The van der Waals surface area contributed by atoms with Crippen LogP contribution < -0.4 is 0 Å². The van der Waals surface area contributed by atoms with Crippen molar-refractivity contribution in [2.45, 2.75) is 107 Å². The molecule has 1 N–H and O–H groups in total. The number of rotatable bonds is 6. The minimum atomic E-state index is -0.500. The Morgan fingerprint density at radius 2 is 1.63 bits per heavy atom. The monoisotopic (exact) mass is 423 g/mol. The summed E-state index contributed by atoms with van der Waals surface area (Å²) in [5, 5.41) is 8.52. The molecule has 30 heavy (non-hydrogen) atoms. The molecule has 1 rings (SSSR count). The fourth-order valence-corrected chi connectivity index (χ4v) is 2.82. The van der Waals surface area contributed by atoms with E-state index in [1.807, 2.05) is 47.6 Å². The smallest absolute Gasteiger partial charge is 0.310 e. The van der Waals surface area contributed by atoms with Crippen molar-refractivity contribution >= 4 is 5.97 Å². The molecule has 0 saturated carbocycles. The molecular formula is C26H49NO3. The van der Waals surface area contributed by atoms with Gasteiger partial charge in [0.2, 0.25) is 0 Å². The molecule has 0 radical (unpaired) electrons. The highest BCUT2D eigenvalue weighted by Crippen LogP contribution is 2.33. The van der Waals surface area contributed by atoms with E-state index in [1.165, 1.54) is 0 Å². The van der Waals surface area contributed by atoms with Crippen LogP contribution in [0.5, 0.6) is 0 Å². The largest absolute Gasteiger partial charge is 0.463 e.